The van der Waals surface area contributed by atoms with Crippen molar-refractivity contribution < 1.29 is 13.6 Å². The van der Waals surface area contributed by atoms with Gasteiger partial charge in [0.05, 0.1) is 0 Å². The number of amides is 1. The third kappa shape index (κ3) is 3.83. The first-order valence-electron chi connectivity index (χ1n) is 7.38. The van der Waals surface area contributed by atoms with Crippen molar-refractivity contribution in [1.82, 2.24) is 9.97 Å². The predicted octanol–water partition coefficient (Wildman–Crippen LogP) is 2.34. The number of carbonyl (C=O) groups is 1. The van der Waals surface area contributed by atoms with Gasteiger partial charge in [0.15, 0.2) is 0 Å². The van der Waals surface area contributed by atoms with Gasteiger partial charge in [-0.1, -0.05) is 0 Å². The molecular formula is C17H12F2N4O3. The van der Waals surface area contributed by atoms with Crippen LogP contribution in [0.5, 0.6) is 0 Å². The molecule has 0 aliphatic heterocycles. The van der Waals surface area contributed by atoms with Crippen molar-refractivity contribution in [1.29, 1.82) is 0 Å². The maximum absolute atomic E-state index is 13.0. The lowest BCUT2D eigenvalue weighted by molar-refractivity contribution is 0.102. The van der Waals surface area contributed by atoms with E-state index < -0.39 is 34.4 Å². The molecule has 0 saturated carbocycles. The van der Waals surface area contributed by atoms with Crippen LogP contribution in [0.4, 0.5) is 26.0 Å². The minimum atomic E-state index is -0.919. The zero-order valence-corrected chi connectivity index (χ0v) is 13.1. The van der Waals surface area contributed by atoms with E-state index in [1.54, 1.807) is 0 Å². The number of aromatic nitrogens is 2. The van der Waals surface area contributed by atoms with Crippen molar-refractivity contribution in [2.24, 2.45) is 0 Å². The minimum absolute atomic E-state index is 0.162. The summed E-state index contributed by atoms with van der Waals surface area (Å²) >= 11 is 0. The summed E-state index contributed by atoms with van der Waals surface area (Å²) in [5, 5.41) is 5.13. The Morgan fingerprint density at radius 2 is 1.35 bits per heavy atom. The highest BCUT2D eigenvalue weighted by molar-refractivity contribution is 6.07. The zero-order valence-electron chi connectivity index (χ0n) is 13.1. The molecule has 7 nitrogen and oxygen atoms in total. The highest BCUT2D eigenvalue weighted by Crippen LogP contribution is 2.17. The average molecular weight is 358 g/mol. The lowest BCUT2D eigenvalue weighted by Crippen LogP contribution is -2.32. The Bertz CT molecular complexity index is 1060. The summed E-state index contributed by atoms with van der Waals surface area (Å²) in [6.07, 6.45) is 0. The van der Waals surface area contributed by atoms with E-state index in [1.807, 2.05) is 4.98 Å². The molecule has 3 rings (SSSR count). The van der Waals surface area contributed by atoms with Crippen LogP contribution in [0.15, 0.2) is 58.1 Å². The second-order valence-corrected chi connectivity index (χ2v) is 5.25. The summed E-state index contributed by atoms with van der Waals surface area (Å²) < 4.78 is 25.9. The van der Waals surface area contributed by atoms with Gasteiger partial charge in [-0.15, -0.1) is 0 Å². The lowest BCUT2D eigenvalue weighted by atomic mass is 10.2. The molecule has 0 atom stereocenters. The Morgan fingerprint density at radius 3 is 1.92 bits per heavy atom. The number of aromatic amines is 2. The molecule has 0 radical (unpaired) electrons. The van der Waals surface area contributed by atoms with Crippen LogP contribution in [0.1, 0.15) is 10.4 Å². The van der Waals surface area contributed by atoms with E-state index in [0.29, 0.717) is 5.69 Å². The lowest BCUT2D eigenvalue weighted by Gasteiger charge is -2.11. The summed E-state index contributed by atoms with van der Waals surface area (Å²) in [7, 11) is 0. The molecule has 1 amide bonds. The normalized spacial score (nSPS) is 10.4. The van der Waals surface area contributed by atoms with Crippen LogP contribution >= 0.6 is 0 Å². The number of benzene rings is 2. The fraction of sp³-hybridized carbons (Fsp3) is 0. The number of halogens is 2. The minimum Gasteiger partial charge on any atom is -0.341 e. The van der Waals surface area contributed by atoms with Gasteiger partial charge >= 0.3 is 5.69 Å². The van der Waals surface area contributed by atoms with Gasteiger partial charge in [-0.05, 0) is 48.5 Å². The topological polar surface area (TPSA) is 107 Å². The van der Waals surface area contributed by atoms with Gasteiger partial charge in [-0.2, -0.15) is 0 Å². The number of carbonyl (C=O) groups excluding carboxylic acids is 1. The van der Waals surface area contributed by atoms with Gasteiger partial charge < -0.3 is 10.6 Å². The van der Waals surface area contributed by atoms with E-state index in [0.717, 1.165) is 12.1 Å². The van der Waals surface area contributed by atoms with E-state index in [4.69, 9.17) is 0 Å². The van der Waals surface area contributed by atoms with Crippen molar-refractivity contribution in [3.63, 3.8) is 0 Å². The monoisotopic (exact) mass is 358 g/mol. The predicted molar refractivity (Wildman–Crippen MR) is 91.7 cm³/mol. The fourth-order valence-electron chi connectivity index (χ4n) is 2.20. The van der Waals surface area contributed by atoms with Crippen LogP contribution in [0.25, 0.3) is 0 Å². The summed E-state index contributed by atoms with van der Waals surface area (Å²) in [6, 6.07) is 10.0. The summed E-state index contributed by atoms with van der Waals surface area (Å²) in [5.41, 5.74) is -1.52. The van der Waals surface area contributed by atoms with Crippen molar-refractivity contribution >= 4 is 23.1 Å². The first-order valence-corrected chi connectivity index (χ1v) is 7.38. The molecule has 1 aromatic heterocycles. The Balaban J connectivity index is 1.96. The first kappa shape index (κ1) is 17.1. The van der Waals surface area contributed by atoms with Crippen LogP contribution in [-0.2, 0) is 0 Å². The maximum Gasteiger partial charge on any atom is 0.327 e. The Morgan fingerprint density at radius 1 is 0.808 bits per heavy atom. The van der Waals surface area contributed by atoms with E-state index in [9.17, 15) is 23.2 Å². The van der Waals surface area contributed by atoms with Crippen molar-refractivity contribution in [3.05, 3.63) is 86.6 Å². The van der Waals surface area contributed by atoms with Gasteiger partial charge in [0.1, 0.15) is 23.0 Å². The van der Waals surface area contributed by atoms with Crippen LogP contribution in [0.3, 0.4) is 0 Å². The summed E-state index contributed by atoms with van der Waals surface area (Å²) in [5.74, 6) is -1.93. The number of anilines is 3. The van der Waals surface area contributed by atoms with E-state index in [2.05, 4.69) is 15.6 Å². The molecule has 0 spiro atoms. The Kier molecular flexibility index (Phi) is 4.61. The van der Waals surface area contributed by atoms with E-state index >= 15 is 0 Å². The van der Waals surface area contributed by atoms with Gasteiger partial charge in [0.25, 0.3) is 11.5 Å². The van der Waals surface area contributed by atoms with Crippen LogP contribution < -0.4 is 21.9 Å². The van der Waals surface area contributed by atoms with Crippen molar-refractivity contribution in [3.8, 4) is 0 Å². The van der Waals surface area contributed by atoms with Gasteiger partial charge in [0.2, 0.25) is 0 Å². The number of H-pyrrole nitrogens is 2. The molecule has 0 aliphatic rings. The summed E-state index contributed by atoms with van der Waals surface area (Å²) in [4.78, 5) is 40.4. The number of rotatable bonds is 4. The summed E-state index contributed by atoms with van der Waals surface area (Å²) in [6.45, 7) is 0. The molecule has 9 heteroatoms. The van der Waals surface area contributed by atoms with Crippen molar-refractivity contribution in [2.45, 2.75) is 0 Å². The third-order valence-corrected chi connectivity index (χ3v) is 3.39. The molecule has 0 saturated heterocycles. The average Bonchev–Trinajstić information content (AvgIpc) is 2.58. The highest BCUT2D eigenvalue weighted by Gasteiger charge is 2.18. The molecule has 0 bridgehead atoms. The van der Waals surface area contributed by atoms with E-state index in [1.165, 1.54) is 36.4 Å². The second kappa shape index (κ2) is 7.01. The number of hydrogen-bond donors (Lipinski definition) is 4. The smallest absolute Gasteiger partial charge is 0.327 e. The molecule has 26 heavy (non-hydrogen) atoms. The Hall–Kier alpha value is -3.75. The standard InChI is InChI=1S/C17H12F2N4O3/c18-9-1-5-11(6-2-9)20-14-13(16(25)23-17(26)22-14)15(24)21-12-7-3-10(19)4-8-12/h1-8H,(H,21,24)(H3,20,22,23,25,26). The molecule has 0 fully saturated rings. The molecular weight excluding hydrogens is 346 g/mol. The number of hydrogen-bond acceptors (Lipinski definition) is 4. The fourth-order valence-corrected chi connectivity index (χ4v) is 2.20. The first-order chi connectivity index (χ1) is 12.4. The van der Waals surface area contributed by atoms with Gasteiger partial charge in [-0.3, -0.25) is 19.6 Å². The second-order valence-electron chi connectivity index (χ2n) is 5.25. The van der Waals surface area contributed by atoms with Crippen LogP contribution in [-0.4, -0.2) is 15.9 Å². The quantitative estimate of drug-likeness (QED) is 0.574. The molecule has 4 N–H and O–H groups in total. The maximum atomic E-state index is 13.0. The van der Waals surface area contributed by atoms with E-state index in [-0.39, 0.29) is 11.5 Å². The third-order valence-electron chi connectivity index (χ3n) is 3.39. The largest absolute Gasteiger partial charge is 0.341 e. The molecule has 0 unspecified atom stereocenters. The molecule has 3 aromatic rings. The number of nitrogens with one attached hydrogen (secondary N) is 4. The highest BCUT2D eigenvalue weighted by atomic mass is 19.1. The van der Waals surface area contributed by atoms with Crippen molar-refractivity contribution in [2.75, 3.05) is 10.6 Å². The molecule has 2 aromatic carbocycles. The molecule has 132 valence electrons. The zero-order chi connectivity index (χ0) is 18.7. The molecule has 0 aliphatic carbocycles. The van der Waals surface area contributed by atoms with Crippen LogP contribution in [0, 0.1) is 11.6 Å². The Labute approximate surface area is 144 Å². The van der Waals surface area contributed by atoms with Gasteiger partial charge in [-0.25, -0.2) is 13.6 Å². The van der Waals surface area contributed by atoms with Crippen LogP contribution in [0.2, 0.25) is 0 Å². The molecule has 1 heterocycles. The SMILES string of the molecule is O=C(Nc1ccc(F)cc1)c1c(Nc2ccc(F)cc2)[nH]c(=O)[nH]c1=O. The van der Waals surface area contributed by atoms with Gasteiger partial charge in [0, 0.05) is 11.4 Å².